The Hall–Kier alpha value is -1.76. The van der Waals surface area contributed by atoms with Crippen LogP contribution in [-0.2, 0) is 0 Å². The van der Waals surface area contributed by atoms with Crippen molar-refractivity contribution in [3.05, 3.63) is 34.7 Å². The number of piperazine rings is 1. The molecule has 2 heterocycles. The van der Waals surface area contributed by atoms with Gasteiger partial charge in [-0.3, -0.25) is 0 Å². The predicted molar refractivity (Wildman–Crippen MR) is 98.0 cm³/mol. The Balaban J connectivity index is 1.82. The summed E-state index contributed by atoms with van der Waals surface area (Å²) in [5, 5.41) is 3.70. The van der Waals surface area contributed by atoms with Gasteiger partial charge in [0.05, 0.1) is 19.0 Å². The Morgan fingerprint density at radius 1 is 1.17 bits per heavy atom. The van der Waals surface area contributed by atoms with E-state index in [2.05, 4.69) is 32.1 Å². The summed E-state index contributed by atoms with van der Waals surface area (Å²) in [6.07, 6.45) is 1.47. The molecule has 0 radical (unpaired) electrons. The molecule has 1 aromatic heterocycles. The lowest BCUT2D eigenvalue weighted by Crippen LogP contribution is -2.44. The van der Waals surface area contributed by atoms with E-state index in [1.54, 1.807) is 7.11 Å². The van der Waals surface area contributed by atoms with Gasteiger partial charge in [0.2, 0.25) is 5.28 Å². The standard InChI is InChI=1S/C16H19Cl2N5O/c1-22-5-7-23(8-6-22)13-4-3-11(9-14(13)24-2)20-15-12(17)10-19-16(18)21-15/h3-4,9-10H,5-8H2,1-2H3,(H,19,20,21). The average molecular weight is 368 g/mol. The molecule has 0 amide bonds. The third-order valence-electron chi connectivity index (χ3n) is 4.00. The van der Waals surface area contributed by atoms with E-state index in [9.17, 15) is 0 Å². The highest BCUT2D eigenvalue weighted by atomic mass is 35.5. The van der Waals surface area contributed by atoms with E-state index in [1.807, 2.05) is 18.2 Å². The first kappa shape index (κ1) is 17.1. The molecule has 6 nitrogen and oxygen atoms in total. The van der Waals surface area contributed by atoms with Gasteiger partial charge in [0.1, 0.15) is 10.8 Å². The molecule has 3 rings (SSSR count). The maximum absolute atomic E-state index is 6.10. The summed E-state index contributed by atoms with van der Waals surface area (Å²) in [4.78, 5) is 12.6. The monoisotopic (exact) mass is 367 g/mol. The van der Waals surface area contributed by atoms with Gasteiger partial charge in [-0.2, -0.15) is 4.98 Å². The number of ether oxygens (including phenoxy) is 1. The summed E-state index contributed by atoms with van der Waals surface area (Å²) in [6.45, 7) is 4.04. The molecule has 1 saturated heterocycles. The number of aromatic nitrogens is 2. The number of likely N-dealkylation sites (N-methyl/N-ethyl adjacent to an activating group) is 1. The number of hydrogen-bond acceptors (Lipinski definition) is 6. The highest BCUT2D eigenvalue weighted by Crippen LogP contribution is 2.33. The third kappa shape index (κ3) is 3.83. The zero-order chi connectivity index (χ0) is 17.1. The molecule has 0 unspecified atom stereocenters. The van der Waals surface area contributed by atoms with Crippen LogP contribution in [-0.4, -0.2) is 55.2 Å². The second kappa shape index (κ2) is 7.42. The summed E-state index contributed by atoms with van der Waals surface area (Å²) in [5.41, 5.74) is 1.91. The smallest absolute Gasteiger partial charge is 0.224 e. The second-order valence-corrected chi connectivity index (χ2v) is 6.38. The summed E-state index contributed by atoms with van der Waals surface area (Å²) in [6, 6.07) is 5.95. The second-order valence-electron chi connectivity index (χ2n) is 5.64. The Bertz CT molecular complexity index is 720. The van der Waals surface area contributed by atoms with Crippen molar-refractivity contribution in [3.8, 4) is 5.75 Å². The Morgan fingerprint density at radius 3 is 2.62 bits per heavy atom. The van der Waals surface area contributed by atoms with Gasteiger partial charge in [-0.15, -0.1) is 0 Å². The van der Waals surface area contributed by atoms with Crippen molar-refractivity contribution < 1.29 is 4.74 Å². The van der Waals surface area contributed by atoms with Crippen LogP contribution in [0.25, 0.3) is 0 Å². The molecule has 0 spiro atoms. The molecule has 0 atom stereocenters. The fraction of sp³-hybridized carbons (Fsp3) is 0.375. The first-order chi connectivity index (χ1) is 11.6. The zero-order valence-electron chi connectivity index (χ0n) is 13.6. The molecule has 8 heteroatoms. The highest BCUT2D eigenvalue weighted by Gasteiger charge is 2.18. The van der Waals surface area contributed by atoms with E-state index in [1.165, 1.54) is 6.20 Å². The lowest BCUT2D eigenvalue weighted by Gasteiger charge is -2.34. The van der Waals surface area contributed by atoms with E-state index in [4.69, 9.17) is 27.9 Å². The van der Waals surface area contributed by atoms with Gasteiger partial charge in [-0.25, -0.2) is 4.98 Å². The van der Waals surface area contributed by atoms with Crippen molar-refractivity contribution in [2.24, 2.45) is 0 Å². The van der Waals surface area contributed by atoms with Gasteiger partial charge in [-0.1, -0.05) is 11.6 Å². The van der Waals surface area contributed by atoms with Crippen LogP contribution in [0.5, 0.6) is 5.75 Å². The van der Waals surface area contributed by atoms with Crippen LogP contribution in [0.2, 0.25) is 10.3 Å². The highest BCUT2D eigenvalue weighted by molar-refractivity contribution is 6.33. The van der Waals surface area contributed by atoms with Gasteiger partial charge in [0, 0.05) is 37.9 Å². The number of nitrogens with zero attached hydrogens (tertiary/aromatic N) is 4. The third-order valence-corrected chi connectivity index (χ3v) is 4.46. The van der Waals surface area contributed by atoms with Crippen LogP contribution in [0, 0.1) is 0 Å². The molecule has 1 N–H and O–H groups in total. The van der Waals surface area contributed by atoms with Crippen LogP contribution in [0.3, 0.4) is 0 Å². The van der Waals surface area contributed by atoms with Crippen molar-refractivity contribution in [2.75, 3.05) is 50.6 Å². The predicted octanol–water partition coefficient (Wildman–Crippen LogP) is 3.29. The van der Waals surface area contributed by atoms with Crippen LogP contribution in [0.15, 0.2) is 24.4 Å². The molecule has 24 heavy (non-hydrogen) atoms. The fourth-order valence-corrected chi connectivity index (χ4v) is 2.91. The average Bonchev–Trinajstić information content (AvgIpc) is 2.59. The fourth-order valence-electron chi connectivity index (χ4n) is 2.63. The van der Waals surface area contributed by atoms with Crippen LogP contribution in [0.4, 0.5) is 17.2 Å². The maximum atomic E-state index is 6.10. The molecule has 0 aliphatic carbocycles. The number of benzene rings is 1. The van der Waals surface area contributed by atoms with Crippen molar-refractivity contribution in [1.29, 1.82) is 0 Å². The van der Waals surface area contributed by atoms with Crippen molar-refractivity contribution >= 4 is 40.4 Å². The van der Waals surface area contributed by atoms with Gasteiger partial charge in [0.15, 0.2) is 5.82 Å². The largest absolute Gasteiger partial charge is 0.495 e. The maximum Gasteiger partial charge on any atom is 0.224 e. The van der Waals surface area contributed by atoms with Crippen molar-refractivity contribution in [1.82, 2.24) is 14.9 Å². The minimum absolute atomic E-state index is 0.142. The molecule has 0 bridgehead atoms. The molecule has 1 aromatic carbocycles. The number of hydrogen-bond donors (Lipinski definition) is 1. The topological polar surface area (TPSA) is 53.5 Å². The Labute approximate surface area is 151 Å². The zero-order valence-corrected chi connectivity index (χ0v) is 15.1. The van der Waals surface area contributed by atoms with Gasteiger partial charge >= 0.3 is 0 Å². The number of anilines is 3. The summed E-state index contributed by atoms with van der Waals surface area (Å²) in [7, 11) is 3.81. The van der Waals surface area contributed by atoms with Crippen LogP contribution < -0.4 is 15.0 Å². The Morgan fingerprint density at radius 2 is 1.92 bits per heavy atom. The van der Waals surface area contributed by atoms with Gasteiger partial charge in [0.25, 0.3) is 0 Å². The lowest BCUT2D eigenvalue weighted by molar-refractivity contribution is 0.311. The molecule has 1 aliphatic rings. The normalized spacial score (nSPS) is 15.4. The van der Waals surface area contributed by atoms with Crippen LogP contribution in [0.1, 0.15) is 0 Å². The molecule has 128 valence electrons. The first-order valence-corrected chi connectivity index (χ1v) is 8.39. The molecular formula is C16H19Cl2N5O. The van der Waals surface area contributed by atoms with E-state index < -0.39 is 0 Å². The molecule has 1 fully saturated rings. The Kier molecular flexibility index (Phi) is 5.28. The SMILES string of the molecule is COc1cc(Nc2nc(Cl)ncc2Cl)ccc1N1CCN(C)CC1. The van der Waals surface area contributed by atoms with E-state index >= 15 is 0 Å². The number of rotatable bonds is 4. The first-order valence-electron chi connectivity index (χ1n) is 7.63. The minimum Gasteiger partial charge on any atom is -0.495 e. The molecule has 0 saturated carbocycles. The van der Waals surface area contributed by atoms with Crippen molar-refractivity contribution in [2.45, 2.75) is 0 Å². The van der Waals surface area contributed by atoms with E-state index in [-0.39, 0.29) is 5.28 Å². The summed E-state index contributed by atoms with van der Waals surface area (Å²) >= 11 is 11.9. The molecule has 1 aliphatic heterocycles. The summed E-state index contributed by atoms with van der Waals surface area (Å²) in [5.74, 6) is 1.27. The minimum atomic E-state index is 0.142. The van der Waals surface area contributed by atoms with E-state index in [0.717, 1.165) is 43.3 Å². The molecular weight excluding hydrogens is 349 g/mol. The number of nitrogens with one attached hydrogen (secondary N) is 1. The van der Waals surface area contributed by atoms with Gasteiger partial charge in [-0.05, 0) is 30.8 Å². The lowest BCUT2D eigenvalue weighted by atomic mass is 10.2. The molecule has 2 aromatic rings. The van der Waals surface area contributed by atoms with Crippen molar-refractivity contribution in [3.63, 3.8) is 0 Å². The quantitative estimate of drug-likeness (QED) is 0.836. The van der Waals surface area contributed by atoms with Gasteiger partial charge < -0.3 is 19.9 Å². The number of halogens is 2. The summed E-state index contributed by atoms with van der Waals surface area (Å²) < 4.78 is 5.57. The van der Waals surface area contributed by atoms with E-state index in [0.29, 0.717) is 10.8 Å². The van der Waals surface area contributed by atoms with Crippen LogP contribution >= 0.6 is 23.2 Å². The number of methoxy groups -OCH3 is 1.